The number of hydrogen-bond donors (Lipinski definition) is 1. The third-order valence-electron chi connectivity index (χ3n) is 3.44. The average Bonchev–Trinajstić information content (AvgIpc) is 2.79. The van der Waals surface area contributed by atoms with Crippen LogP contribution in [0.5, 0.6) is 0 Å². The molecular weight excluding hydrogens is 314 g/mol. The third-order valence-corrected chi connectivity index (χ3v) is 6.56. The molecule has 3 nitrogen and oxygen atoms in total. The zero-order valence-corrected chi connectivity index (χ0v) is 13.1. The Hall–Kier alpha value is -0.550. The monoisotopic (exact) mass is 331 g/mol. The number of aryl methyl sites for hydroxylation is 2. The molecule has 18 heavy (non-hydrogen) atoms. The first kappa shape index (κ1) is 13.9. The van der Waals surface area contributed by atoms with E-state index >= 15 is 0 Å². The van der Waals surface area contributed by atoms with Gasteiger partial charge in [0.1, 0.15) is 0 Å². The SMILES string of the molecule is Cc1cc(NS(=O)(=O)C2CCCC2)cc(C)c1Br. The molecule has 0 spiro atoms. The van der Waals surface area contributed by atoms with Crippen LogP contribution < -0.4 is 4.72 Å². The molecule has 0 saturated heterocycles. The molecule has 1 N–H and O–H groups in total. The summed E-state index contributed by atoms with van der Waals surface area (Å²) in [7, 11) is -3.22. The van der Waals surface area contributed by atoms with E-state index in [1.54, 1.807) is 0 Å². The van der Waals surface area contributed by atoms with E-state index in [4.69, 9.17) is 0 Å². The Bertz CT molecular complexity index is 525. The van der Waals surface area contributed by atoms with Crippen molar-refractivity contribution < 1.29 is 8.42 Å². The van der Waals surface area contributed by atoms with Crippen molar-refractivity contribution in [3.63, 3.8) is 0 Å². The second-order valence-electron chi connectivity index (χ2n) is 4.98. The van der Waals surface area contributed by atoms with Gasteiger partial charge in [0.2, 0.25) is 10.0 Å². The van der Waals surface area contributed by atoms with Gasteiger partial charge >= 0.3 is 0 Å². The Morgan fingerprint density at radius 1 is 1.17 bits per heavy atom. The molecule has 0 aromatic heterocycles. The Labute approximate surface area is 117 Å². The van der Waals surface area contributed by atoms with Crippen LogP contribution in [0.25, 0.3) is 0 Å². The molecule has 0 aliphatic heterocycles. The molecule has 0 bridgehead atoms. The van der Waals surface area contributed by atoms with E-state index in [1.807, 2.05) is 26.0 Å². The molecule has 100 valence electrons. The van der Waals surface area contributed by atoms with Gasteiger partial charge in [0.15, 0.2) is 0 Å². The normalized spacial score (nSPS) is 17.1. The predicted molar refractivity (Wildman–Crippen MR) is 78.4 cm³/mol. The molecule has 1 aliphatic rings. The summed E-state index contributed by atoms with van der Waals surface area (Å²) in [6.45, 7) is 3.93. The summed E-state index contributed by atoms with van der Waals surface area (Å²) in [6.07, 6.45) is 3.60. The Morgan fingerprint density at radius 2 is 1.67 bits per heavy atom. The minimum absolute atomic E-state index is 0.221. The molecule has 0 radical (unpaired) electrons. The third kappa shape index (κ3) is 2.88. The molecule has 0 unspecified atom stereocenters. The summed E-state index contributed by atoms with van der Waals surface area (Å²) in [6, 6.07) is 3.73. The highest BCUT2D eigenvalue weighted by Crippen LogP contribution is 2.29. The van der Waals surface area contributed by atoms with Crippen LogP contribution in [0.3, 0.4) is 0 Å². The minimum Gasteiger partial charge on any atom is -0.283 e. The van der Waals surface area contributed by atoms with Crippen LogP contribution in [0.1, 0.15) is 36.8 Å². The molecule has 0 atom stereocenters. The highest BCUT2D eigenvalue weighted by Gasteiger charge is 2.28. The number of hydrogen-bond acceptors (Lipinski definition) is 2. The van der Waals surface area contributed by atoms with Crippen LogP contribution in [0.15, 0.2) is 16.6 Å². The first-order chi connectivity index (χ1) is 8.40. The van der Waals surface area contributed by atoms with E-state index in [9.17, 15) is 8.42 Å². The van der Waals surface area contributed by atoms with Crippen molar-refractivity contribution >= 4 is 31.6 Å². The van der Waals surface area contributed by atoms with Gasteiger partial charge in [-0.25, -0.2) is 8.42 Å². The van der Waals surface area contributed by atoms with Crippen molar-refractivity contribution in [3.8, 4) is 0 Å². The number of rotatable bonds is 3. The molecular formula is C13H18BrNO2S. The van der Waals surface area contributed by atoms with Crippen molar-refractivity contribution in [2.24, 2.45) is 0 Å². The van der Waals surface area contributed by atoms with Crippen LogP contribution >= 0.6 is 15.9 Å². The topological polar surface area (TPSA) is 46.2 Å². The smallest absolute Gasteiger partial charge is 0.235 e. The van der Waals surface area contributed by atoms with E-state index in [0.29, 0.717) is 5.69 Å². The maximum atomic E-state index is 12.2. The van der Waals surface area contributed by atoms with Crippen molar-refractivity contribution in [3.05, 3.63) is 27.7 Å². The number of sulfonamides is 1. The lowest BCUT2D eigenvalue weighted by Gasteiger charge is -2.15. The summed E-state index contributed by atoms with van der Waals surface area (Å²) in [4.78, 5) is 0. The lowest BCUT2D eigenvalue weighted by Crippen LogP contribution is -2.25. The van der Waals surface area contributed by atoms with Gasteiger partial charge in [0.25, 0.3) is 0 Å². The summed E-state index contributed by atoms with van der Waals surface area (Å²) in [5, 5.41) is -0.221. The quantitative estimate of drug-likeness (QED) is 0.916. The van der Waals surface area contributed by atoms with Crippen LogP contribution in [-0.4, -0.2) is 13.7 Å². The van der Waals surface area contributed by atoms with Gasteiger partial charge in [-0.05, 0) is 49.9 Å². The molecule has 2 rings (SSSR count). The van der Waals surface area contributed by atoms with Crippen molar-refractivity contribution in [2.75, 3.05) is 4.72 Å². The summed E-state index contributed by atoms with van der Waals surface area (Å²) in [5.74, 6) is 0. The first-order valence-corrected chi connectivity index (χ1v) is 8.52. The van der Waals surface area contributed by atoms with E-state index in [-0.39, 0.29) is 5.25 Å². The molecule has 5 heteroatoms. The van der Waals surface area contributed by atoms with E-state index < -0.39 is 10.0 Å². The van der Waals surface area contributed by atoms with Gasteiger partial charge in [-0.2, -0.15) is 0 Å². The summed E-state index contributed by atoms with van der Waals surface area (Å²) in [5.41, 5.74) is 2.75. The van der Waals surface area contributed by atoms with Gasteiger partial charge in [0.05, 0.1) is 5.25 Å². The number of nitrogens with one attached hydrogen (secondary N) is 1. The second kappa shape index (κ2) is 5.21. The van der Waals surface area contributed by atoms with Crippen LogP contribution in [0.2, 0.25) is 0 Å². The standard InChI is InChI=1S/C13H18BrNO2S/c1-9-7-11(8-10(2)13(9)14)15-18(16,17)12-5-3-4-6-12/h7-8,12,15H,3-6H2,1-2H3. The molecule has 1 aliphatic carbocycles. The molecule has 1 aromatic carbocycles. The van der Waals surface area contributed by atoms with Gasteiger partial charge < -0.3 is 0 Å². The van der Waals surface area contributed by atoms with E-state index in [2.05, 4.69) is 20.7 Å². The van der Waals surface area contributed by atoms with Crippen LogP contribution in [0, 0.1) is 13.8 Å². The lowest BCUT2D eigenvalue weighted by atomic mass is 10.1. The molecule has 1 fully saturated rings. The van der Waals surface area contributed by atoms with Gasteiger partial charge in [0, 0.05) is 10.2 Å². The van der Waals surface area contributed by atoms with Crippen molar-refractivity contribution in [1.82, 2.24) is 0 Å². The number of benzene rings is 1. The second-order valence-corrected chi connectivity index (χ2v) is 7.73. The van der Waals surface area contributed by atoms with Crippen LogP contribution in [-0.2, 0) is 10.0 Å². The van der Waals surface area contributed by atoms with E-state index in [0.717, 1.165) is 41.3 Å². The molecule has 1 aromatic rings. The maximum Gasteiger partial charge on any atom is 0.235 e. The average molecular weight is 332 g/mol. The van der Waals surface area contributed by atoms with Crippen molar-refractivity contribution in [1.29, 1.82) is 0 Å². The molecule has 1 saturated carbocycles. The Kier molecular flexibility index (Phi) is 4.02. The van der Waals surface area contributed by atoms with Crippen molar-refractivity contribution in [2.45, 2.75) is 44.8 Å². The number of halogens is 1. The first-order valence-electron chi connectivity index (χ1n) is 6.18. The zero-order valence-electron chi connectivity index (χ0n) is 10.7. The maximum absolute atomic E-state index is 12.2. The Balaban J connectivity index is 2.23. The van der Waals surface area contributed by atoms with E-state index in [1.165, 1.54) is 0 Å². The highest BCUT2D eigenvalue weighted by molar-refractivity contribution is 9.10. The summed E-state index contributed by atoms with van der Waals surface area (Å²) >= 11 is 3.48. The Morgan fingerprint density at radius 3 is 2.17 bits per heavy atom. The number of anilines is 1. The fourth-order valence-electron chi connectivity index (χ4n) is 2.45. The predicted octanol–water partition coefficient (Wildman–Crippen LogP) is 3.75. The summed E-state index contributed by atoms with van der Waals surface area (Å²) < 4.78 is 28.1. The highest BCUT2D eigenvalue weighted by atomic mass is 79.9. The molecule has 0 amide bonds. The van der Waals surface area contributed by atoms with Gasteiger partial charge in [-0.3, -0.25) is 4.72 Å². The van der Waals surface area contributed by atoms with Gasteiger partial charge in [-0.15, -0.1) is 0 Å². The minimum atomic E-state index is -3.22. The van der Waals surface area contributed by atoms with Crippen LogP contribution in [0.4, 0.5) is 5.69 Å². The molecule has 0 heterocycles. The lowest BCUT2D eigenvalue weighted by molar-refractivity contribution is 0.585. The zero-order chi connectivity index (χ0) is 13.3. The van der Waals surface area contributed by atoms with Gasteiger partial charge in [-0.1, -0.05) is 28.8 Å². The largest absolute Gasteiger partial charge is 0.283 e. The fraction of sp³-hybridized carbons (Fsp3) is 0.538. The fourth-order valence-corrected chi connectivity index (χ4v) is 4.25.